The molecule has 1 saturated carbocycles. The van der Waals surface area contributed by atoms with Gasteiger partial charge in [-0.25, -0.2) is 4.79 Å². The molecule has 0 spiro atoms. The molecule has 1 aliphatic carbocycles. The van der Waals surface area contributed by atoms with Crippen molar-refractivity contribution >= 4 is 6.09 Å². The maximum atomic E-state index is 12.7. The van der Waals surface area contributed by atoms with Crippen molar-refractivity contribution in [2.45, 2.75) is 121 Å². The van der Waals surface area contributed by atoms with Crippen LogP contribution in [-0.2, 0) is 15.9 Å². The lowest BCUT2D eigenvalue weighted by Crippen LogP contribution is -2.50. The van der Waals surface area contributed by atoms with E-state index in [1.165, 1.54) is 5.56 Å². The summed E-state index contributed by atoms with van der Waals surface area (Å²) in [6.07, 6.45) is 9.94. The summed E-state index contributed by atoms with van der Waals surface area (Å²) in [5.74, 6) is 0.908. The molecule has 33 heavy (non-hydrogen) atoms. The van der Waals surface area contributed by atoms with E-state index in [1.807, 2.05) is 37.8 Å². The van der Waals surface area contributed by atoms with Gasteiger partial charge < -0.3 is 19.1 Å². The van der Waals surface area contributed by atoms with Crippen LogP contribution in [0.25, 0.3) is 0 Å². The van der Waals surface area contributed by atoms with Crippen LogP contribution in [0.15, 0.2) is 24.3 Å². The number of carbonyl (C=O) groups is 1. The molecule has 6 nitrogen and oxygen atoms in total. The van der Waals surface area contributed by atoms with Crippen LogP contribution in [0.3, 0.4) is 0 Å². The smallest absolute Gasteiger partial charge is 0.410 e. The average molecular weight is 455 g/mol. The summed E-state index contributed by atoms with van der Waals surface area (Å²) in [4.78, 5) is 14.6. The van der Waals surface area contributed by atoms with Gasteiger partial charge in [0.15, 0.2) is 0 Å². The monoisotopic (exact) mass is 454 g/mol. The Kier molecular flexibility index (Phi) is 7.48. The molecule has 1 aromatic rings. The Morgan fingerprint density at radius 1 is 0.970 bits per heavy atom. The summed E-state index contributed by atoms with van der Waals surface area (Å²) < 4.78 is 18.4. The van der Waals surface area contributed by atoms with Crippen LogP contribution in [0.1, 0.15) is 84.1 Å². The van der Waals surface area contributed by atoms with E-state index in [2.05, 4.69) is 18.2 Å². The van der Waals surface area contributed by atoms with Gasteiger partial charge in [0.2, 0.25) is 0 Å². The molecular formula is C27H38N2O4. The molecule has 1 amide bonds. The Labute approximate surface area is 198 Å². The largest absolute Gasteiger partial charge is 0.490 e. The van der Waals surface area contributed by atoms with Crippen molar-refractivity contribution < 1.29 is 19.0 Å². The highest BCUT2D eigenvalue weighted by atomic mass is 16.6. The molecule has 1 aromatic carbocycles. The molecule has 0 N–H and O–H groups in total. The van der Waals surface area contributed by atoms with Gasteiger partial charge in [-0.15, -0.1) is 0 Å². The van der Waals surface area contributed by atoms with Crippen molar-refractivity contribution in [3.8, 4) is 11.8 Å². The lowest BCUT2D eigenvalue weighted by molar-refractivity contribution is -0.0812. The highest BCUT2D eigenvalue weighted by Crippen LogP contribution is 2.39. The highest BCUT2D eigenvalue weighted by molar-refractivity contribution is 5.69. The quantitative estimate of drug-likeness (QED) is 0.545. The number of nitriles is 1. The second-order valence-electron chi connectivity index (χ2n) is 10.8. The van der Waals surface area contributed by atoms with E-state index in [0.717, 1.165) is 63.5 Å². The minimum absolute atomic E-state index is 0.163. The zero-order valence-corrected chi connectivity index (χ0v) is 20.3. The number of nitrogens with zero attached hydrogens (tertiary/aromatic N) is 2. The molecule has 4 rings (SSSR count). The van der Waals surface area contributed by atoms with Gasteiger partial charge in [-0.1, -0.05) is 12.1 Å². The van der Waals surface area contributed by atoms with Crippen LogP contribution < -0.4 is 4.74 Å². The minimum atomic E-state index is -0.454. The van der Waals surface area contributed by atoms with Crippen molar-refractivity contribution in [3.05, 3.63) is 29.8 Å². The third kappa shape index (κ3) is 6.41. The van der Waals surface area contributed by atoms with Crippen LogP contribution >= 0.6 is 0 Å². The van der Waals surface area contributed by atoms with Gasteiger partial charge in [0.25, 0.3) is 0 Å². The molecule has 2 saturated heterocycles. The summed E-state index contributed by atoms with van der Waals surface area (Å²) in [5, 5.41) is 8.72. The van der Waals surface area contributed by atoms with Crippen molar-refractivity contribution in [2.24, 2.45) is 0 Å². The number of hydrogen-bond donors (Lipinski definition) is 0. The van der Waals surface area contributed by atoms with E-state index in [9.17, 15) is 4.79 Å². The first-order chi connectivity index (χ1) is 15.8. The molecular weight excluding hydrogens is 416 g/mol. The van der Waals surface area contributed by atoms with Gasteiger partial charge in [0.1, 0.15) is 11.4 Å². The van der Waals surface area contributed by atoms with Crippen LogP contribution in [-0.4, -0.2) is 47.0 Å². The topological polar surface area (TPSA) is 71.8 Å². The fourth-order valence-corrected chi connectivity index (χ4v) is 5.54. The summed E-state index contributed by atoms with van der Waals surface area (Å²) in [6, 6.07) is 10.8. The van der Waals surface area contributed by atoms with Crippen molar-refractivity contribution in [3.63, 3.8) is 0 Å². The van der Waals surface area contributed by atoms with Crippen LogP contribution in [0, 0.1) is 11.3 Å². The number of fused-ring (bicyclic) bond motifs is 2. The molecule has 1 unspecified atom stereocenters. The van der Waals surface area contributed by atoms with Gasteiger partial charge >= 0.3 is 6.09 Å². The average Bonchev–Trinajstić information content (AvgIpc) is 3.04. The molecule has 2 aliphatic heterocycles. The normalized spacial score (nSPS) is 29.4. The molecule has 0 radical (unpaired) electrons. The van der Waals surface area contributed by atoms with Gasteiger partial charge in [-0.05, 0) is 96.3 Å². The van der Waals surface area contributed by atoms with Crippen molar-refractivity contribution in [1.29, 1.82) is 5.26 Å². The van der Waals surface area contributed by atoms with Crippen molar-refractivity contribution in [1.82, 2.24) is 4.90 Å². The second kappa shape index (κ2) is 10.3. The van der Waals surface area contributed by atoms with Crippen LogP contribution in [0.4, 0.5) is 4.79 Å². The summed E-state index contributed by atoms with van der Waals surface area (Å²) >= 11 is 0. The second-order valence-corrected chi connectivity index (χ2v) is 10.8. The number of hydrogen-bond acceptors (Lipinski definition) is 5. The van der Waals surface area contributed by atoms with Crippen LogP contribution in [0.5, 0.6) is 5.75 Å². The first-order valence-electron chi connectivity index (χ1n) is 12.6. The van der Waals surface area contributed by atoms with E-state index in [4.69, 9.17) is 19.5 Å². The highest BCUT2D eigenvalue weighted by Gasteiger charge is 2.45. The molecule has 3 fully saturated rings. The third-order valence-electron chi connectivity index (χ3n) is 7.05. The molecule has 2 heterocycles. The van der Waals surface area contributed by atoms with E-state index in [1.54, 1.807) is 0 Å². The van der Waals surface area contributed by atoms with E-state index < -0.39 is 5.60 Å². The van der Waals surface area contributed by atoms with E-state index in [-0.39, 0.29) is 36.5 Å². The zero-order chi connectivity index (χ0) is 23.4. The Morgan fingerprint density at radius 2 is 1.58 bits per heavy atom. The number of piperidine rings is 1. The van der Waals surface area contributed by atoms with Gasteiger partial charge in [0.05, 0.1) is 24.4 Å². The van der Waals surface area contributed by atoms with E-state index >= 15 is 0 Å². The molecule has 0 aromatic heterocycles. The fraction of sp³-hybridized carbons (Fsp3) is 0.704. The number of benzene rings is 1. The number of rotatable bonds is 6. The Bertz CT molecular complexity index is 819. The Morgan fingerprint density at radius 3 is 2.15 bits per heavy atom. The lowest BCUT2D eigenvalue weighted by Gasteiger charge is -2.41. The molecule has 3 atom stereocenters. The Balaban J connectivity index is 1.20. The molecule has 2 bridgehead atoms. The maximum Gasteiger partial charge on any atom is 0.410 e. The van der Waals surface area contributed by atoms with Gasteiger partial charge in [-0.3, -0.25) is 0 Å². The number of aryl methyl sites for hydroxylation is 1. The Hall–Kier alpha value is -2.26. The summed E-state index contributed by atoms with van der Waals surface area (Å²) in [6.45, 7) is 5.78. The fourth-order valence-electron chi connectivity index (χ4n) is 5.54. The predicted molar refractivity (Wildman–Crippen MR) is 126 cm³/mol. The zero-order valence-electron chi connectivity index (χ0n) is 20.3. The predicted octanol–water partition coefficient (Wildman–Crippen LogP) is 5.78. The first-order valence-corrected chi connectivity index (χ1v) is 12.6. The SMILES string of the molecule is CC(C)(C)OC(=O)N1[C@@H]2CC[C@H]1CC(OC1CCC(Oc3ccc(CCC#N)cc3)CC1)C2. The first kappa shape index (κ1) is 23.9. The van der Waals surface area contributed by atoms with Gasteiger partial charge in [-0.2, -0.15) is 5.26 Å². The maximum absolute atomic E-state index is 12.7. The minimum Gasteiger partial charge on any atom is -0.490 e. The number of carbonyl (C=O) groups excluding carboxylic acids is 1. The molecule has 6 heteroatoms. The lowest BCUT2D eigenvalue weighted by atomic mass is 9.93. The summed E-state index contributed by atoms with van der Waals surface area (Å²) in [7, 11) is 0. The van der Waals surface area contributed by atoms with E-state index in [0.29, 0.717) is 6.42 Å². The van der Waals surface area contributed by atoms with Crippen molar-refractivity contribution in [2.75, 3.05) is 0 Å². The third-order valence-corrected chi connectivity index (χ3v) is 7.05. The standard InChI is InChI=1S/C27H38N2O4/c1-27(2,3)33-26(30)29-20-8-9-21(29)18-25(17-20)32-24-14-12-23(13-15-24)31-22-10-6-19(7-11-22)5-4-16-28/h6-7,10-11,20-21,23-25H,4-5,8-9,12-15,17-18H2,1-3H3/t20-,21+,23?,24?,25?. The summed E-state index contributed by atoms with van der Waals surface area (Å²) in [5.41, 5.74) is 0.719. The van der Waals surface area contributed by atoms with Gasteiger partial charge in [0, 0.05) is 18.5 Å². The number of ether oxygens (including phenoxy) is 3. The van der Waals surface area contributed by atoms with Crippen LogP contribution in [0.2, 0.25) is 0 Å². The number of amides is 1. The molecule has 3 aliphatic rings. The molecule has 180 valence electrons.